The Labute approximate surface area is 149 Å². The third-order valence-electron chi connectivity index (χ3n) is 4.01. The molecule has 0 saturated heterocycles. The van der Waals surface area contributed by atoms with Gasteiger partial charge in [-0.05, 0) is 31.4 Å². The van der Waals surface area contributed by atoms with Crippen LogP contribution in [0.2, 0.25) is 0 Å². The maximum atomic E-state index is 13.4. The summed E-state index contributed by atoms with van der Waals surface area (Å²) in [6, 6.07) is 3.01. The standard InChI is InChI=1S/C18H21F3N2O3/c1-3-5-10-13-14(16(24)26-4-2)15(23-17(25)22-13)11-8-6-7-9-12(11)18(19,20)21/h6-9,15H,3-5,10H2,1-2H3,(H2,22,23,25). The number of ether oxygens (including phenoxy) is 1. The monoisotopic (exact) mass is 370 g/mol. The van der Waals surface area contributed by atoms with E-state index in [2.05, 4.69) is 10.6 Å². The van der Waals surface area contributed by atoms with Gasteiger partial charge in [-0.1, -0.05) is 31.5 Å². The summed E-state index contributed by atoms with van der Waals surface area (Å²) in [5.74, 6) is -0.743. The maximum absolute atomic E-state index is 13.4. The van der Waals surface area contributed by atoms with Crippen molar-refractivity contribution in [1.82, 2.24) is 10.6 Å². The fraction of sp³-hybridized carbons (Fsp3) is 0.444. The third-order valence-corrected chi connectivity index (χ3v) is 4.01. The van der Waals surface area contributed by atoms with Gasteiger partial charge in [0.1, 0.15) is 0 Å². The molecular formula is C18H21F3N2O3. The number of hydrogen-bond acceptors (Lipinski definition) is 3. The molecule has 1 atom stereocenters. The van der Waals surface area contributed by atoms with Crippen molar-refractivity contribution in [3.8, 4) is 0 Å². The number of halogens is 3. The number of urea groups is 1. The summed E-state index contributed by atoms with van der Waals surface area (Å²) in [7, 11) is 0. The topological polar surface area (TPSA) is 67.4 Å². The fourth-order valence-electron chi connectivity index (χ4n) is 2.86. The van der Waals surface area contributed by atoms with Crippen LogP contribution in [0.25, 0.3) is 0 Å². The van der Waals surface area contributed by atoms with E-state index in [1.807, 2.05) is 6.92 Å². The second-order valence-electron chi connectivity index (χ2n) is 5.83. The lowest BCUT2D eigenvalue weighted by atomic mass is 9.90. The average Bonchev–Trinajstić information content (AvgIpc) is 2.58. The van der Waals surface area contributed by atoms with Gasteiger partial charge in [-0.15, -0.1) is 0 Å². The number of carbonyl (C=O) groups is 2. The van der Waals surface area contributed by atoms with Crippen molar-refractivity contribution in [3.63, 3.8) is 0 Å². The van der Waals surface area contributed by atoms with Gasteiger partial charge in [0.15, 0.2) is 0 Å². The van der Waals surface area contributed by atoms with Crippen LogP contribution >= 0.6 is 0 Å². The largest absolute Gasteiger partial charge is 0.463 e. The molecule has 1 aromatic carbocycles. The summed E-state index contributed by atoms with van der Waals surface area (Å²) in [4.78, 5) is 24.5. The quantitative estimate of drug-likeness (QED) is 0.742. The van der Waals surface area contributed by atoms with E-state index < -0.39 is 29.8 Å². The molecule has 142 valence electrons. The van der Waals surface area contributed by atoms with Gasteiger partial charge in [0.05, 0.1) is 23.8 Å². The van der Waals surface area contributed by atoms with Crippen LogP contribution in [0, 0.1) is 0 Å². The van der Waals surface area contributed by atoms with Crippen molar-refractivity contribution < 1.29 is 27.5 Å². The zero-order valence-electron chi connectivity index (χ0n) is 14.6. The van der Waals surface area contributed by atoms with Crippen molar-refractivity contribution in [2.45, 2.75) is 45.3 Å². The highest BCUT2D eigenvalue weighted by atomic mass is 19.4. The minimum absolute atomic E-state index is 0.0107. The summed E-state index contributed by atoms with van der Waals surface area (Å²) in [5.41, 5.74) is -0.775. The lowest BCUT2D eigenvalue weighted by molar-refractivity contribution is -0.141. The van der Waals surface area contributed by atoms with Crippen molar-refractivity contribution in [2.75, 3.05) is 6.61 Å². The van der Waals surface area contributed by atoms with Crippen molar-refractivity contribution >= 4 is 12.0 Å². The molecule has 1 aliphatic heterocycles. The van der Waals surface area contributed by atoms with E-state index in [0.717, 1.165) is 12.5 Å². The Kier molecular flexibility index (Phi) is 6.28. The average molecular weight is 370 g/mol. The number of rotatable bonds is 6. The lowest BCUT2D eigenvalue weighted by Crippen LogP contribution is -2.46. The first kappa shape index (κ1) is 19.8. The number of alkyl halides is 3. The molecule has 0 spiro atoms. The first-order valence-corrected chi connectivity index (χ1v) is 8.43. The van der Waals surface area contributed by atoms with Gasteiger partial charge < -0.3 is 15.4 Å². The Morgan fingerprint density at radius 2 is 1.92 bits per heavy atom. The Morgan fingerprint density at radius 1 is 1.23 bits per heavy atom. The predicted molar refractivity (Wildman–Crippen MR) is 89.0 cm³/mol. The van der Waals surface area contributed by atoms with Crippen LogP contribution in [0.1, 0.15) is 50.3 Å². The zero-order chi connectivity index (χ0) is 19.3. The molecule has 0 aliphatic carbocycles. The van der Waals surface area contributed by atoms with E-state index in [0.29, 0.717) is 18.5 Å². The molecule has 2 N–H and O–H groups in total. The number of nitrogens with one attached hydrogen (secondary N) is 2. The van der Waals surface area contributed by atoms with Gasteiger partial charge in [0.2, 0.25) is 0 Å². The first-order chi connectivity index (χ1) is 12.3. The van der Waals surface area contributed by atoms with Gasteiger partial charge >= 0.3 is 18.2 Å². The van der Waals surface area contributed by atoms with Gasteiger partial charge in [0.25, 0.3) is 0 Å². The van der Waals surface area contributed by atoms with Gasteiger partial charge in [-0.2, -0.15) is 13.2 Å². The highest BCUT2D eigenvalue weighted by Gasteiger charge is 2.40. The van der Waals surface area contributed by atoms with Crippen LogP contribution in [0.3, 0.4) is 0 Å². The molecule has 0 fully saturated rings. The Bertz CT molecular complexity index is 714. The summed E-state index contributed by atoms with van der Waals surface area (Å²) in [6.45, 7) is 3.62. The van der Waals surface area contributed by atoms with Gasteiger partial charge in [-0.25, -0.2) is 9.59 Å². The van der Waals surface area contributed by atoms with Crippen LogP contribution in [-0.2, 0) is 15.7 Å². The Hall–Kier alpha value is -2.51. The van der Waals surface area contributed by atoms with Crippen LogP contribution in [0.15, 0.2) is 35.5 Å². The molecule has 1 unspecified atom stereocenters. The molecule has 1 aromatic rings. The third kappa shape index (κ3) is 4.36. The molecule has 0 saturated carbocycles. The Balaban J connectivity index is 2.60. The number of hydrogen-bond donors (Lipinski definition) is 2. The minimum atomic E-state index is -4.62. The molecule has 26 heavy (non-hydrogen) atoms. The number of esters is 1. The second kappa shape index (κ2) is 8.25. The Morgan fingerprint density at radius 3 is 2.54 bits per heavy atom. The van der Waals surface area contributed by atoms with E-state index >= 15 is 0 Å². The molecule has 1 aliphatic rings. The lowest BCUT2D eigenvalue weighted by Gasteiger charge is -2.31. The molecule has 2 amide bonds. The molecule has 0 radical (unpaired) electrons. The highest BCUT2D eigenvalue weighted by Crippen LogP contribution is 2.38. The molecule has 2 rings (SSSR count). The molecule has 0 aromatic heterocycles. The van der Waals surface area contributed by atoms with E-state index in [4.69, 9.17) is 4.74 Å². The van der Waals surface area contributed by atoms with Gasteiger partial charge in [0, 0.05) is 5.70 Å². The van der Waals surface area contributed by atoms with Crippen LogP contribution in [0.5, 0.6) is 0 Å². The van der Waals surface area contributed by atoms with E-state index in [-0.39, 0.29) is 17.7 Å². The van der Waals surface area contributed by atoms with E-state index in [9.17, 15) is 22.8 Å². The van der Waals surface area contributed by atoms with Crippen molar-refractivity contribution in [2.24, 2.45) is 0 Å². The van der Waals surface area contributed by atoms with Crippen LogP contribution in [0.4, 0.5) is 18.0 Å². The number of benzene rings is 1. The van der Waals surface area contributed by atoms with E-state index in [1.54, 1.807) is 6.92 Å². The summed E-state index contributed by atoms with van der Waals surface area (Å²) < 4.78 is 45.3. The number of amides is 2. The predicted octanol–water partition coefficient (Wildman–Crippen LogP) is 4.07. The van der Waals surface area contributed by atoms with Crippen LogP contribution < -0.4 is 10.6 Å². The van der Waals surface area contributed by atoms with Crippen molar-refractivity contribution in [1.29, 1.82) is 0 Å². The fourth-order valence-corrected chi connectivity index (χ4v) is 2.86. The first-order valence-electron chi connectivity index (χ1n) is 8.43. The minimum Gasteiger partial charge on any atom is -0.463 e. The number of carbonyl (C=O) groups excluding carboxylic acids is 2. The van der Waals surface area contributed by atoms with Gasteiger partial charge in [-0.3, -0.25) is 0 Å². The van der Waals surface area contributed by atoms with E-state index in [1.165, 1.54) is 18.2 Å². The second-order valence-corrected chi connectivity index (χ2v) is 5.83. The highest BCUT2D eigenvalue weighted by molar-refractivity contribution is 5.95. The SMILES string of the molecule is CCCCC1=C(C(=O)OCC)C(c2ccccc2C(F)(F)F)NC(=O)N1. The van der Waals surface area contributed by atoms with Crippen molar-refractivity contribution in [3.05, 3.63) is 46.7 Å². The van der Waals surface area contributed by atoms with Crippen LogP contribution in [-0.4, -0.2) is 18.6 Å². The number of allylic oxidation sites excluding steroid dienone is 1. The molecule has 5 nitrogen and oxygen atoms in total. The summed E-state index contributed by atoms with van der Waals surface area (Å²) in [6.07, 6.45) is -2.78. The molecule has 0 bridgehead atoms. The smallest absolute Gasteiger partial charge is 0.416 e. The molecular weight excluding hydrogens is 349 g/mol. The zero-order valence-corrected chi connectivity index (χ0v) is 14.6. The number of unbranched alkanes of at least 4 members (excludes halogenated alkanes) is 1. The molecule has 1 heterocycles. The maximum Gasteiger partial charge on any atom is 0.416 e. The summed E-state index contributed by atoms with van der Waals surface area (Å²) >= 11 is 0. The normalized spacial score (nSPS) is 17.6. The summed E-state index contributed by atoms with van der Waals surface area (Å²) in [5, 5.41) is 4.98. The molecule has 8 heteroatoms.